The van der Waals surface area contributed by atoms with Crippen molar-refractivity contribution in [2.75, 3.05) is 7.11 Å². The molecule has 5 nitrogen and oxygen atoms in total. The number of hydrogen-bond donors (Lipinski definition) is 0. The van der Waals surface area contributed by atoms with E-state index in [1.165, 1.54) is 6.07 Å². The van der Waals surface area contributed by atoms with Crippen molar-refractivity contribution in [3.05, 3.63) is 63.1 Å². The van der Waals surface area contributed by atoms with Crippen molar-refractivity contribution in [2.24, 2.45) is 7.05 Å². The summed E-state index contributed by atoms with van der Waals surface area (Å²) in [6, 6.07) is 12.6. The summed E-state index contributed by atoms with van der Waals surface area (Å²) in [7, 11) is 3.64. The number of thiazole rings is 1. The number of non-ortho nitro benzene ring substituents is 1. The van der Waals surface area contributed by atoms with Crippen LogP contribution in [-0.2, 0) is 7.05 Å². The van der Waals surface area contributed by atoms with Gasteiger partial charge in [0.15, 0.2) is 0 Å². The molecule has 3 aromatic rings. The van der Waals surface area contributed by atoms with Crippen molar-refractivity contribution in [3.8, 4) is 5.75 Å². The van der Waals surface area contributed by atoms with E-state index in [0.29, 0.717) is 0 Å². The number of rotatable bonds is 4. The molecule has 0 saturated heterocycles. The smallest absolute Gasteiger partial charge is 0.270 e. The largest absolute Gasteiger partial charge is 0.497 e. The predicted molar refractivity (Wildman–Crippen MR) is 91.6 cm³/mol. The minimum Gasteiger partial charge on any atom is -0.497 e. The molecule has 0 aliphatic carbocycles. The Labute approximate surface area is 137 Å². The van der Waals surface area contributed by atoms with Crippen LogP contribution in [0.3, 0.4) is 0 Å². The third-order valence-electron chi connectivity index (χ3n) is 3.57. The van der Waals surface area contributed by atoms with E-state index in [4.69, 9.17) is 4.74 Å². The number of fused-ring (bicyclic) bond motifs is 1. The zero-order valence-electron chi connectivity index (χ0n) is 12.7. The molecule has 0 saturated carbocycles. The van der Waals surface area contributed by atoms with Gasteiger partial charge in [-0.25, -0.2) is 0 Å². The van der Waals surface area contributed by atoms with Gasteiger partial charge in [-0.3, -0.25) is 10.1 Å². The molecule has 116 valence electrons. The van der Waals surface area contributed by atoms with Crippen molar-refractivity contribution in [1.82, 2.24) is 0 Å². The van der Waals surface area contributed by atoms with Crippen LogP contribution in [0.2, 0.25) is 0 Å². The van der Waals surface area contributed by atoms with Crippen molar-refractivity contribution in [2.45, 2.75) is 0 Å². The number of ether oxygens (including phenoxy) is 1. The molecule has 0 spiro atoms. The molecule has 0 atom stereocenters. The van der Waals surface area contributed by atoms with E-state index in [9.17, 15) is 10.1 Å². The highest BCUT2D eigenvalue weighted by Gasteiger charge is 2.15. The third kappa shape index (κ3) is 3.07. The van der Waals surface area contributed by atoms with Crippen molar-refractivity contribution < 1.29 is 14.2 Å². The molecule has 23 heavy (non-hydrogen) atoms. The number of methoxy groups -OCH3 is 1. The van der Waals surface area contributed by atoms with Gasteiger partial charge in [0.2, 0.25) is 5.52 Å². The minimum atomic E-state index is -0.386. The standard InChI is InChI=1S/C17H15N2O3S/c1-18-15-11-14(22-2)7-8-16(15)23-17(18)9-6-12-4-3-5-13(10-12)19(20)21/h3-11H,1-2H3/q+1/b9-6+. The number of nitrogens with zero attached hydrogens (tertiary/aromatic N) is 2. The van der Waals surface area contributed by atoms with Gasteiger partial charge in [-0.2, -0.15) is 4.57 Å². The zero-order valence-corrected chi connectivity index (χ0v) is 13.5. The van der Waals surface area contributed by atoms with Gasteiger partial charge < -0.3 is 4.74 Å². The van der Waals surface area contributed by atoms with Gasteiger partial charge in [0.25, 0.3) is 10.7 Å². The highest BCUT2D eigenvalue weighted by molar-refractivity contribution is 7.18. The first-order chi connectivity index (χ1) is 11.1. The van der Waals surface area contributed by atoms with Crippen molar-refractivity contribution >= 4 is 39.4 Å². The maximum atomic E-state index is 10.8. The molecular weight excluding hydrogens is 312 g/mol. The Morgan fingerprint density at radius 3 is 2.78 bits per heavy atom. The maximum Gasteiger partial charge on any atom is 0.270 e. The second kappa shape index (κ2) is 6.18. The Morgan fingerprint density at radius 2 is 2.04 bits per heavy atom. The summed E-state index contributed by atoms with van der Waals surface area (Å²) < 4.78 is 8.50. The van der Waals surface area contributed by atoms with Crippen molar-refractivity contribution in [1.29, 1.82) is 0 Å². The lowest BCUT2D eigenvalue weighted by Crippen LogP contribution is -2.28. The van der Waals surface area contributed by atoms with E-state index in [-0.39, 0.29) is 10.6 Å². The quantitative estimate of drug-likeness (QED) is 0.416. The second-order valence-electron chi connectivity index (χ2n) is 5.02. The Bertz CT molecular complexity index is 915. The van der Waals surface area contributed by atoms with Gasteiger partial charge in [0, 0.05) is 18.2 Å². The minimum absolute atomic E-state index is 0.0950. The van der Waals surface area contributed by atoms with E-state index in [1.54, 1.807) is 30.6 Å². The van der Waals surface area contributed by atoms with E-state index in [1.807, 2.05) is 43.5 Å². The second-order valence-corrected chi connectivity index (χ2v) is 6.08. The number of aromatic nitrogens is 1. The maximum absolute atomic E-state index is 10.8. The number of nitro groups is 1. The topological polar surface area (TPSA) is 56.3 Å². The number of hydrogen-bond acceptors (Lipinski definition) is 4. The number of benzene rings is 2. The highest BCUT2D eigenvalue weighted by atomic mass is 32.1. The van der Waals surface area contributed by atoms with E-state index in [0.717, 1.165) is 26.5 Å². The molecule has 1 aromatic heterocycles. The highest BCUT2D eigenvalue weighted by Crippen LogP contribution is 2.25. The molecule has 0 aliphatic rings. The lowest BCUT2D eigenvalue weighted by Gasteiger charge is -1.96. The molecule has 0 amide bonds. The summed E-state index contributed by atoms with van der Waals surface area (Å²) in [5.74, 6) is 0.820. The number of aryl methyl sites for hydroxylation is 1. The van der Waals surface area contributed by atoms with Gasteiger partial charge in [-0.1, -0.05) is 23.5 Å². The fourth-order valence-electron chi connectivity index (χ4n) is 2.33. The molecule has 0 bridgehead atoms. The fraction of sp³-hybridized carbons (Fsp3) is 0.118. The SMILES string of the molecule is COc1ccc2sc(/C=C/c3cccc([N+](=O)[O-])c3)[n+](C)c2c1. The van der Waals surface area contributed by atoms with Crippen LogP contribution in [0.1, 0.15) is 10.6 Å². The van der Waals surface area contributed by atoms with Gasteiger partial charge in [-0.15, -0.1) is 0 Å². The van der Waals surface area contributed by atoms with Crippen LogP contribution in [0.25, 0.3) is 22.4 Å². The van der Waals surface area contributed by atoms with Crippen LogP contribution in [0.15, 0.2) is 42.5 Å². The average Bonchev–Trinajstić information content (AvgIpc) is 2.89. The normalized spacial score (nSPS) is 11.2. The fourth-order valence-corrected chi connectivity index (χ4v) is 3.36. The average molecular weight is 327 g/mol. The molecule has 6 heteroatoms. The van der Waals surface area contributed by atoms with Crippen LogP contribution in [0.5, 0.6) is 5.75 Å². The summed E-state index contributed by atoms with van der Waals surface area (Å²) in [6.07, 6.45) is 3.85. The monoisotopic (exact) mass is 327 g/mol. The number of nitro benzene ring substituents is 1. The van der Waals surface area contributed by atoms with Gasteiger partial charge in [0.1, 0.15) is 17.5 Å². The van der Waals surface area contributed by atoms with Crippen molar-refractivity contribution in [3.63, 3.8) is 0 Å². The van der Waals surface area contributed by atoms with Crippen LogP contribution >= 0.6 is 11.3 Å². The summed E-state index contributed by atoms with van der Waals surface area (Å²) in [4.78, 5) is 10.4. The molecule has 0 N–H and O–H groups in total. The Kier molecular flexibility index (Phi) is 4.08. The van der Waals surface area contributed by atoms with Crippen LogP contribution in [-0.4, -0.2) is 12.0 Å². The third-order valence-corrected chi connectivity index (χ3v) is 4.76. The Morgan fingerprint density at radius 1 is 1.22 bits per heavy atom. The van der Waals surface area contributed by atoms with E-state index < -0.39 is 0 Å². The summed E-state index contributed by atoms with van der Waals surface area (Å²) >= 11 is 1.66. The van der Waals surface area contributed by atoms with E-state index >= 15 is 0 Å². The summed E-state index contributed by atoms with van der Waals surface area (Å²) in [6.45, 7) is 0. The Hall–Kier alpha value is -2.73. The molecule has 0 unspecified atom stereocenters. The summed E-state index contributed by atoms with van der Waals surface area (Å²) in [5, 5.41) is 11.9. The first kappa shape index (κ1) is 15.2. The first-order valence-corrected chi connectivity index (χ1v) is 7.79. The van der Waals surface area contributed by atoms with Gasteiger partial charge >= 0.3 is 0 Å². The van der Waals surface area contributed by atoms with Gasteiger partial charge in [-0.05, 0) is 23.8 Å². The molecule has 0 radical (unpaired) electrons. The summed E-state index contributed by atoms with van der Waals surface area (Å²) in [5.41, 5.74) is 1.99. The van der Waals surface area contributed by atoms with E-state index in [2.05, 4.69) is 4.57 Å². The molecule has 2 aromatic carbocycles. The lowest BCUT2D eigenvalue weighted by atomic mass is 10.2. The van der Waals surface area contributed by atoms with Crippen LogP contribution in [0.4, 0.5) is 5.69 Å². The molecular formula is C17H15N2O3S+. The van der Waals surface area contributed by atoms with Crippen LogP contribution < -0.4 is 9.30 Å². The van der Waals surface area contributed by atoms with Gasteiger partial charge in [0.05, 0.1) is 18.1 Å². The van der Waals surface area contributed by atoms with Crippen LogP contribution in [0, 0.1) is 10.1 Å². The molecule has 0 aliphatic heterocycles. The molecule has 0 fully saturated rings. The first-order valence-electron chi connectivity index (χ1n) is 6.97. The Balaban J connectivity index is 1.96. The predicted octanol–water partition coefficient (Wildman–Crippen LogP) is 3.81. The molecule has 3 rings (SSSR count). The molecule has 1 heterocycles. The zero-order chi connectivity index (χ0) is 16.4. The lowest BCUT2D eigenvalue weighted by molar-refractivity contribution is -0.642.